The monoisotopic (exact) mass is 388 g/mol. The van der Waals surface area contributed by atoms with E-state index < -0.39 is 0 Å². The van der Waals surface area contributed by atoms with Gasteiger partial charge in [0.25, 0.3) is 0 Å². The Labute approximate surface area is 168 Å². The lowest BCUT2D eigenvalue weighted by atomic mass is 9.96. The molecule has 1 heterocycles. The summed E-state index contributed by atoms with van der Waals surface area (Å²) in [6.45, 7) is 1.96. The number of aryl methyl sites for hydroxylation is 1. The summed E-state index contributed by atoms with van der Waals surface area (Å²) in [5.74, 6) is 0.865. The lowest BCUT2D eigenvalue weighted by Crippen LogP contribution is -2.03. The zero-order valence-electron chi connectivity index (χ0n) is 16.4. The second-order valence-corrected chi connectivity index (χ2v) is 6.72. The Morgan fingerprint density at radius 3 is 2.41 bits per heavy atom. The van der Waals surface area contributed by atoms with Crippen molar-refractivity contribution in [2.45, 2.75) is 6.92 Å². The molecule has 4 rings (SSSR count). The Balaban J connectivity index is 1.96. The predicted octanol–water partition coefficient (Wildman–Crippen LogP) is 5.36. The van der Waals surface area contributed by atoms with E-state index in [2.05, 4.69) is 0 Å². The number of benzene rings is 3. The number of carbonyl (C=O) groups excluding carboxylic acids is 1. The van der Waals surface area contributed by atoms with Gasteiger partial charge in [-0.25, -0.2) is 0 Å². The molecule has 0 aliphatic heterocycles. The lowest BCUT2D eigenvalue weighted by Gasteiger charge is -2.09. The van der Waals surface area contributed by atoms with Crippen molar-refractivity contribution in [3.8, 4) is 28.6 Å². The average molecular weight is 388 g/mol. The highest BCUT2D eigenvalue weighted by Gasteiger charge is 2.26. The highest BCUT2D eigenvalue weighted by molar-refractivity contribution is 6.20. The smallest absolute Gasteiger partial charge is 0.201 e. The summed E-state index contributed by atoms with van der Waals surface area (Å²) in [5, 5.41) is 11.2. The Bertz CT molecular complexity index is 1200. The number of phenols is 1. The Hall–Kier alpha value is -3.73. The third kappa shape index (κ3) is 3.21. The summed E-state index contributed by atoms with van der Waals surface area (Å²) in [5.41, 5.74) is 2.90. The van der Waals surface area contributed by atoms with Crippen molar-refractivity contribution in [1.82, 2.24) is 0 Å². The zero-order valence-corrected chi connectivity index (χ0v) is 16.4. The number of rotatable bonds is 5. The zero-order chi connectivity index (χ0) is 20.5. The van der Waals surface area contributed by atoms with Gasteiger partial charge in [-0.05, 0) is 55.5 Å². The molecule has 0 fully saturated rings. The van der Waals surface area contributed by atoms with Crippen LogP contribution in [0.4, 0.5) is 0 Å². The number of ether oxygens (including phenoxy) is 2. The Kier molecular flexibility index (Phi) is 4.72. The first-order chi connectivity index (χ1) is 14.0. The van der Waals surface area contributed by atoms with Gasteiger partial charge in [0, 0.05) is 10.9 Å². The highest BCUT2D eigenvalue weighted by atomic mass is 16.5. The average Bonchev–Trinajstić information content (AvgIpc) is 3.12. The van der Waals surface area contributed by atoms with Gasteiger partial charge in [-0.2, -0.15) is 0 Å². The van der Waals surface area contributed by atoms with Crippen LogP contribution in [0.1, 0.15) is 21.5 Å². The maximum Gasteiger partial charge on any atom is 0.201 e. The molecule has 1 aromatic heterocycles. The van der Waals surface area contributed by atoms with Gasteiger partial charge >= 0.3 is 0 Å². The largest absolute Gasteiger partial charge is 0.504 e. The number of para-hydroxylation sites is 1. The number of ketones is 1. The summed E-state index contributed by atoms with van der Waals surface area (Å²) in [6.07, 6.45) is 0. The van der Waals surface area contributed by atoms with Gasteiger partial charge in [-0.1, -0.05) is 17.7 Å². The van der Waals surface area contributed by atoms with E-state index in [9.17, 15) is 9.90 Å². The van der Waals surface area contributed by atoms with Crippen molar-refractivity contribution in [1.29, 1.82) is 0 Å². The minimum absolute atomic E-state index is 0.156. The van der Waals surface area contributed by atoms with Gasteiger partial charge in [0.1, 0.15) is 17.1 Å². The van der Waals surface area contributed by atoms with Crippen LogP contribution >= 0.6 is 0 Å². The van der Waals surface area contributed by atoms with Gasteiger partial charge in [0.15, 0.2) is 11.5 Å². The van der Waals surface area contributed by atoms with Gasteiger partial charge in [-0.15, -0.1) is 0 Å². The van der Waals surface area contributed by atoms with E-state index in [-0.39, 0.29) is 22.8 Å². The summed E-state index contributed by atoms with van der Waals surface area (Å²) in [4.78, 5) is 13.5. The molecule has 0 bridgehead atoms. The van der Waals surface area contributed by atoms with Crippen LogP contribution in [0, 0.1) is 6.92 Å². The summed E-state index contributed by atoms with van der Waals surface area (Å²) in [6, 6.07) is 17.8. The minimum Gasteiger partial charge on any atom is -0.504 e. The second-order valence-electron chi connectivity index (χ2n) is 6.72. The molecule has 5 nitrogen and oxygen atoms in total. The van der Waals surface area contributed by atoms with Crippen LogP contribution in [0.3, 0.4) is 0 Å². The molecule has 29 heavy (non-hydrogen) atoms. The highest BCUT2D eigenvalue weighted by Crippen LogP contribution is 2.39. The molecule has 1 N–H and O–H groups in total. The van der Waals surface area contributed by atoms with Crippen LogP contribution < -0.4 is 9.47 Å². The molecule has 0 radical (unpaired) electrons. The fourth-order valence-electron chi connectivity index (χ4n) is 3.39. The summed E-state index contributed by atoms with van der Waals surface area (Å²) < 4.78 is 16.5. The normalized spacial score (nSPS) is 10.9. The Morgan fingerprint density at radius 1 is 0.966 bits per heavy atom. The van der Waals surface area contributed by atoms with Crippen molar-refractivity contribution in [3.05, 3.63) is 77.4 Å². The topological polar surface area (TPSA) is 68.9 Å². The number of hydrogen-bond acceptors (Lipinski definition) is 5. The SMILES string of the molecule is COc1ccc(-c2oc3ccc(C)cc3c2C(=O)c2cccc(OC)c2O)cc1. The van der Waals surface area contributed by atoms with E-state index in [1.165, 1.54) is 7.11 Å². The Morgan fingerprint density at radius 2 is 1.72 bits per heavy atom. The maximum atomic E-state index is 13.5. The molecule has 5 heteroatoms. The molecule has 3 aromatic carbocycles. The summed E-state index contributed by atoms with van der Waals surface area (Å²) in [7, 11) is 3.04. The van der Waals surface area contributed by atoms with E-state index in [4.69, 9.17) is 13.9 Å². The van der Waals surface area contributed by atoms with Crippen molar-refractivity contribution in [2.24, 2.45) is 0 Å². The molecule has 0 atom stereocenters. The molecule has 0 amide bonds. The maximum absolute atomic E-state index is 13.5. The third-order valence-corrected chi connectivity index (χ3v) is 4.89. The predicted molar refractivity (Wildman–Crippen MR) is 111 cm³/mol. The fraction of sp³-hybridized carbons (Fsp3) is 0.125. The van der Waals surface area contributed by atoms with Crippen molar-refractivity contribution < 1.29 is 23.8 Å². The van der Waals surface area contributed by atoms with Crippen molar-refractivity contribution in [3.63, 3.8) is 0 Å². The fourth-order valence-corrected chi connectivity index (χ4v) is 3.39. The molecule has 0 aliphatic carbocycles. The standard InChI is InChI=1S/C24H20O5/c1-14-7-12-19-18(13-14)21(23(26)17-5-4-6-20(28-3)22(17)25)24(29-19)15-8-10-16(27-2)11-9-15/h4-13,25H,1-3H3. The molecular weight excluding hydrogens is 368 g/mol. The van der Waals surface area contributed by atoms with Crippen LogP contribution in [0.2, 0.25) is 0 Å². The van der Waals surface area contributed by atoms with Gasteiger partial charge in [0.2, 0.25) is 5.78 Å². The number of fused-ring (bicyclic) bond motifs is 1. The molecule has 0 unspecified atom stereocenters. The van der Waals surface area contributed by atoms with Gasteiger partial charge in [0.05, 0.1) is 25.3 Å². The van der Waals surface area contributed by atoms with Crippen LogP contribution in [0.15, 0.2) is 65.1 Å². The number of aromatic hydroxyl groups is 1. The van der Waals surface area contributed by atoms with Crippen LogP contribution in [-0.2, 0) is 0 Å². The molecule has 0 saturated heterocycles. The van der Waals surface area contributed by atoms with E-state index >= 15 is 0 Å². The van der Waals surface area contributed by atoms with E-state index in [0.717, 1.165) is 11.1 Å². The van der Waals surface area contributed by atoms with Crippen molar-refractivity contribution >= 4 is 16.8 Å². The van der Waals surface area contributed by atoms with Crippen molar-refractivity contribution in [2.75, 3.05) is 14.2 Å². The second kappa shape index (κ2) is 7.36. The van der Waals surface area contributed by atoms with Gasteiger partial charge < -0.3 is 19.0 Å². The van der Waals surface area contributed by atoms with Crippen LogP contribution in [0.25, 0.3) is 22.3 Å². The van der Waals surface area contributed by atoms with E-state index in [1.807, 2.05) is 49.4 Å². The first-order valence-corrected chi connectivity index (χ1v) is 9.11. The molecule has 0 aliphatic rings. The molecule has 0 saturated carbocycles. The van der Waals surface area contributed by atoms with Crippen LogP contribution in [-0.4, -0.2) is 25.1 Å². The first kappa shape index (κ1) is 18.6. The molecule has 0 spiro atoms. The number of furan rings is 1. The van der Waals surface area contributed by atoms with E-state index in [1.54, 1.807) is 25.3 Å². The molecule has 4 aromatic rings. The van der Waals surface area contributed by atoms with Gasteiger partial charge in [-0.3, -0.25) is 4.79 Å². The molecular formula is C24H20O5. The lowest BCUT2D eigenvalue weighted by molar-refractivity contribution is 0.103. The first-order valence-electron chi connectivity index (χ1n) is 9.11. The van der Waals surface area contributed by atoms with E-state index in [0.29, 0.717) is 28.0 Å². The third-order valence-electron chi connectivity index (χ3n) is 4.89. The minimum atomic E-state index is -0.337. The number of phenolic OH excluding ortho intramolecular Hbond substituents is 1. The number of hydrogen-bond donors (Lipinski definition) is 1. The summed E-state index contributed by atoms with van der Waals surface area (Å²) >= 11 is 0. The quantitative estimate of drug-likeness (QED) is 0.466. The number of methoxy groups -OCH3 is 2. The molecule has 146 valence electrons. The van der Waals surface area contributed by atoms with Crippen LogP contribution in [0.5, 0.6) is 17.2 Å². The number of carbonyl (C=O) groups is 1.